The standard InChI is InChI=1S/C12H13FN2O2/c1-8(16)10-4-3-5-11(13)12(10)17-9-6-14-15(2)7-9/h3-8,16H,1-2H3/t8-/m1/s1. The van der Waals surface area contributed by atoms with Gasteiger partial charge in [-0.15, -0.1) is 0 Å². The molecule has 0 unspecified atom stereocenters. The van der Waals surface area contributed by atoms with Gasteiger partial charge in [0.2, 0.25) is 0 Å². The molecule has 5 heteroatoms. The molecular weight excluding hydrogens is 223 g/mol. The molecule has 1 aromatic carbocycles. The summed E-state index contributed by atoms with van der Waals surface area (Å²) in [6.07, 6.45) is 2.31. The van der Waals surface area contributed by atoms with Crippen LogP contribution in [-0.4, -0.2) is 14.9 Å². The quantitative estimate of drug-likeness (QED) is 0.890. The fourth-order valence-corrected chi connectivity index (χ4v) is 1.53. The average Bonchev–Trinajstić information content (AvgIpc) is 2.67. The lowest BCUT2D eigenvalue weighted by molar-refractivity contribution is 0.194. The average molecular weight is 236 g/mol. The monoisotopic (exact) mass is 236 g/mol. The van der Waals surface area contributed by atoms with E-state index in [-0.39, 0.29) is 5.75 Å². The highest BCUT2D eigenvalue weighted by atomic mass is 19.1. The number of para-hydroxylation sites is 1. The van der Waals surface area contributed by atoms with E-state index in [1.165, 1.54) is 18.3 Å². The first-order valence-electron chi connectivity index (χ1n) is 5.21. The minimum atomic E-state index is -0.794. The molecule has 0 fully saturated rings. The van der Waals surface area contributed by atoms with E-state index in [0.29, 0.717) is 11.3 Å². The SMILES string of the molecule is C[C@@H](O)c1cccc(F)c1Oc1cnn(C)c1. The third-order valence-electron chi connectivity index (χ3n) is 2.35. The second-order valence-electron chi connectivity index (χ2n) is 3.79. The Bertz CT molecular complexity index is 523. The Morgan fingerprint density at radius 2 is 2.24 bits per heavy atom. The predicted molar refractivity (Wildman–Crippen MR) is 60.3 cm³/mol. The molecular formula is C12H13FN2O2. The van der Waals surface area contributed by atoms with Crippen molar-refractivity contribution in [3.63, 3.8) is 0 Å². The van der Waals surface area contributed by atoms with Gasteiger partial charge in [0.05, 0.1) is 18.5 Å². The van der Waals surface area contributed by atoms with E-state index < -0.39 is 11.9 Å². The zero-order valence-corrected chi connectivity index (χ0v) is 9.59. The summed E-state index contributed by atoms with van der Waals surface area (Å²) in [5.74, 6) is -0.0396. The lowest BCUT2D eigenvalue weighted by atomic mass is 10.1. The first-order valence-corrected chi connectivity index (χ1v) is 5.21. The van der Waals surface area contributed by atoms with Crippen LogP contribution >= 0.6 is 0 Å². The molecule has 0 aliphatic rings. The summed E-state index contributed by atoms with van der Waals surface area (Å²) in [6.45, 7) is 1.56. The zero-order chi connectivity index (χ0) is 12.4. The van der Waals surface area contributed by atoms with Crippen molar-refractivity contribution in [1.29, 1.82) is 0 Å². The number of halogens is 1. The number of nitrogens with zero attached hydrogens (tertiary/aromatic N) is 2. The van der Waals surface area contributed by atoms with Crippen LogP contribution < -0.4 is 4.74 Å². The molecule has 1 atom stereocenters. The van der Waals surface area contributed by atoms with E-state index in [1.807, 2.05) is 0 Å². The third-order valence-corrected chi connectivity index (χ3v) is 2.35. The van der Waals surface area contributed by atoms with Crippen LogP contribution in [0.4, 0.5) is 4.39 Å². The number of ether oxygens (including phenoxy) is 1. The number of aryl methyl sites for hydroxylation is 1. The Hall–Kier alpha value is -1.88. The van der Waals surface area contributed by atoms with Crippen LogP contribution in [0.15, 0.2) is 30.6 Å². The van der Waals surface area contributed by atoms with Crippen molar-refractivity contribution in [2.45, 2.75) is 13.0 Å². The second-order valence-corrected chi connectivity index (χ2v) is 3.79. The lowest BCUT2D eigenvalue weighted by Crippen LogP contribution is -1.98. The van der Waals surface area contributed by atoms with Gasteiger partial charge >= 0.3 is 0 Å². The Balaban J connectivity index is 2.37. The van der Waals surface area contributed by atoms with Gasteiger partial charge in [0, 0.05) is 12.6 Å². The summed E-state index contributed by atoms with van der Waals surface area (Å²) >= 11 is 0. The van der Waals surface area contributed by atoms with Gasteiger partial charge in [-0.1, -0.05) is 12.1 Å². The fraction of sp³-hybridized carbons (Fsp3) is 0.250. The van der Waals surface area contributed by atoms with Crippen molar-refractivity contribution in [3.8, 4) is 11.5 Å². The Morgan fingerprint density at radius 1 is 1.47 bits per heavy atom. The first-order chi connectivity index (χ1) is 8.08. The molecule has 4 nitrogen and oxygen atoms in total. The largest absolute Gasteiger partial charge is 0.451 e. The molecule has 0 radical (unpaired) electrons. The maximum atomic E-state index is 13.6. The number of aromatic nitrogens is 2. The Kier molecular flexibility index (Phi) is 3.10. The summed E-state index contributed by atoms with van der Waals surface area (Å²) in [5, 5.41) is 13.5. The normalized spacial score (nSPS) is 12.5. The topological polar surface area (TPSA) is 47.3 Å². The van der Waals surface area contributed by atoms with E-state index in [0.717, 1.165) is 0 Å². The number of benzene rings is 1. The van der Waals surface area contributed by atoms with Gasteiger partial charge in [-0.3, -0.25) is 4.68 Å². The van der Waals surface area contributed by atoms with Crippen LogP contribution in [0.2, 0.25) is 0 Å². The van der Waals surface area contributed by atoms with E-state index in [4.69, 9.17) is 4.74 Å². The van der Waals surface area contributed by atoms with Crippen LogP contribution in [-0.2, 0) is 7.05 Å². The summed E-state index contributed by atoms with van der Waals surface area (Å²) in [7, 11) is 1.74. The van der Waals surface area contributed by atoms with Gasteiger partial charge in [0.15, 0.2) is 17.3 Å². The number of hydrogen-bond donors (Lipinski definition) is 1. The summed E-state index contributed by atoms with van der Waals surface area (Å²) in [6, 6.07) is 4.45. The van der Waals surface area contributed by atoms with Crippen molar-refractivity contribution < 1.29 is 14.2 Å². The van der Waals surface area contributed by atoms with Gasteiger partial charge in [0.25, 0.3) is 0 Å². The summed E-state index contributed by atoms with van der Waals surface area (Å²) < 4.78 is 20.6. The maximum Gasteiger partial charge on any atom is 0.168 e. The molecule has 0 aliphatic carbocycles. The molecule has 0 spiro atoms. The molecule has 0 aliphatic heterocycles. The van der Waals surface area contributed by atoms with Crippen molar-refractivity contribution in [2.24, 2.45) is 7.05 Å². The fourth-order valence-electron chi connectivity index (χ4n) is 1.53. The highest BCUT2D eigenvalue weighted by Crippen LogP contribution is 2.31. The van der Waals surface area contributed by atoms with Gasteiger partial charge in [-0.2, -0.15) is 5.10 Å². The van der Waals surface area contributed by atoms with Crippen molar-refractivity contribution in [1.82, 2.24) is 9.78 Å². The molecule has 2 aromatic rings. The number of aliphatic hydroxyl groups is 1. The molecule has 0 bridgehead atoms. The van der Waals surface area contributed by atoms with Gasteiger partial charge in [-0.25, -0.2) is 4.39 Å². The number of aliphatic hydroxyl groups excluding tert-OH is 1. The highest BCUT2D eigenvalue weighted by molar-refractivity contribution is 5.39. The molecule has 0 saturated carbocycles. The van der Waals surface area contributed by atoms with Crippen LogP contribution in [0.25, 0.3) is 0 Å². The van der Waals surface area contributed by atoms with Gasteiger partial charge < -0.3 is 9.84 Å². The molecule has 0 saturated heterocycles. The first kappa shape index (κ1) is 11.6. The molecule has 0 amide bonds. The molecule has 1 heterocycles. The van der Waals surface area contributed by atoms with Crippen LogP contribution in [0.3, 0.4) is 0 Å². The molecule has 1 N–H and O–H groups in total. The molecule has 17 heavy (non-hydrogen) atoms. The zero-order valence-electron chi connectivity index (χ0n) is 9.59. The van der Waals surface area contributed by atoms with Crippen molar-refractivity contribution in [2.75, 3.05) is 0 Å². The molecule has 2 rings (SSSR count). The predicted octanol–water partition coefficient (Wildman–Crippen LogP) is 2.40. The molecule has 90 valence electrons. The minimum Gasteiger partial charge on any atom is -0.451 e. The third kappa shape index (κ3) is 2.45. The van der Waals surface area contributed by atoms with E-state index >= 15 is 0 Å². The van der Waals surface area contributed by atoms with Crippen LogP contribution in [0.1, 0.15) is 18.6 Å². The maximum absolute atomic E-state index is 13.6. The smallest absolute Gasteiger partial charge is 0.168 e. The van der Waals surface area contributed by atoms with Crippen molar-refractivity contribution >= 4 is 0 Å². The Labute approximate surface area is 98.3 Å². The highest BCUT2D eigenvalue weighted by Gasteiger charge is 2.15. The van der Waals surface area contributed by atoms with E-state index in [1.54, 1.807) is 30.9 Å². The van der Waals surface area contributed by atoms with E-state index in [9.17, 15) is 9.50 Å². The van der Waals surface area contributed by atoms with Crippen LogP contribution in [0, 0.1) is 5.82 Å². The summed E-state index contributed by atoms with van der Waals surface area (Å²) in [4.78, 5) is 0. The minimum absolute atomic E-state index is 0.0375. The summed E-state index contributed by atoms with van der Waals surface area (Å²) in [5.41, 5.74) is 0.411. The van der Waals surface area contributed by atoms with Gasteiger partial charge in [0.1, 0.15) is 0 Å². The van der Waals surface area contributed by atoms with Gasteiger partial charge in [-0.05, 0) is 13.0 Å². The Morgan fingerprint density at radius 3 is 2.82 bits per heavy atom. The van der Waals surface area contributed by atoms with Crippen molar-refractivity contribution in [3.05, 3.63) is 42.0 Å². The molecule has 1 aromatic heterocycles. The number of rotatable bonds is 3. The van der Waals surface area contributed by atoms with Crippen LogP contribution in [0.5, 0.6) is 11.5 Å². The second kappa shape index (κ2) is 4.55. The van der Waals surface area contributed by atoms with E-state index in [2.05, 4.69) is 5.10 Å². The lowest BCUT2D eigenvalue weighted by Gasteiger charge is -2.12. The number of hydrogen-bond acceptors (Lipinski definition) is 3.